The van der Waals surface area contributed by atoms with Gasteiger partial charge in [0.2, 0.25) is 0 Å². The number of aliphatic hydroxyl groups excluding tert-OH is 1. The summed E-state index contributed by atoms with van der Waals surface area (Å²) in [5.41, 5.74) is 9.50. The molecule has 4 rings (SSSR count). The molecule has 0 fully saturated rings. The fourth-order valence-electron chi connectivity index (χ4n) is 3.75. The summed E-state index contributed by atoms with van der Waals surface area (Å²) in [5.74, 6) is 0. The predicted molar refractivity (Wildman–Crippen MR) is 127 cm³/mol. The summed E-state index contributed by atoms with van der Waals surface area (Å²) in [6.45, 7) is 7.42. The van der Waals surface area contributed by atoms with Gasteiger partial charge in [-0.2, -0.15) is 0 Å². The molecule has 0 unspecified atom stereocenters. The fraction of sp³-hybridized carbons (Fsp3) is 0.259. The highest BCUT2D eigenvalue weighted by Gasteiger charge is 2.14. The fourth-order valence-corrected chi connectivity index (χ4v) is 3.75. The minimum atomic E-state index is 0.235. The molecule has 2 heterocycles. The van der Waals surface area contributed by atoms with Crippen LogP contribution < -0.4 is 0 Å². The van der Waals surface area contributed by atoms with Crippen molar-refractivity contribution in [2.45, 2.75) is 40.2 Å². The average Bonchev–Trinajstić information content (AvgIpc) is 3.15. The Hall–Kier alpha value is -3.24. The third-order valence-corrected chi connectivity index (χ3v) is 5.64. The Morgan fingerprint density at radius 2 is 1.39 bits per heavy atom. The summed E-state index contributed by atoms with van der Waals surface area (Å²) in [6.07, 6.45) is 5.79. The van der Waals surface area contributed by atoms with Gasteiger partial charge in [0, 0.05) is 41.7 Å². The van der Waals surface area contributed by atoms with Crippen LogP contribution in [-0.4, -0.2) is 26.2 Å². The molecule has 4 aromatic rings. The molecule has 2 aromatic carbocycles. The molecule has 0 atom stereocenters. The monoisotopic (exact) mass is 411 g/mol. The summed E-state index contributed by atoms with van der Waals surface area (Å²) >= 11 is 0. The molecule has 1 N–H and O–H groups in total. The molecule has 0 bridgehead atoms. The Labute approximate surface area is 184 Å². The molecule has 4 nitrogen and oxygen atoms in total. The van der Waals surface area contributed by atoms with Gasteiger partial charge in [-0.05, 0) is 39.7 Å². The van der Waals surface area contributed by atoms with Gasteiger partial charge in [0.15, 0.2) is 0 Å². The first-order chi connectivity index (χ1) is 15.0. The lowest BCUT2D eigenvalue weighted by molar-refractivity contribution is 0.281. The normalized spacial score (nSPS) is 11.1. The van der Waals surface area contributed by atoms with E-state index >= 15 is 0 Å². The van der Waals surface area contributed by atoms with Gasteiger partial charge < -0.3 is 9.67 Å². The van der Waals surface area contributed by atoms with E-state index in [1.807, 2.05) is 6.20 Å². The van der Waals surface area contributed by atoms with Crippen molar-refractivity contribution < 1.29 is 5.11 Å². The largest absolute Gasteiger partial charge is 0.396 e. The van der Waals surface area contributed by atoms with Crippen molar-refractivity contribution in [2.24, 2.45) is 0 Å². The highest BCUT2D eigenvalue weighted by Crippen LogP contribution is 2.32. The van der Waals surface area contributed by atoms with E-state index in [1.54, 1.807) is 0 Å². The first-order valence-electron chi connectivity index (χ1n) is 10.8. The van der Waals surface area contributed by atoms with Crippen LogP contribution in [0.3, 0.4) is 0 Å². The van der Waals surface area contributed by atoms with Crippen molar-refractivity contribution in [3.63, 3.8) is 0 Å². The molecule has 0 aliphatic carbocycles. The number of benzene rings is 2. The molecule has 0 amide bonds. The molecule has 31 heavy (non-hydrogen) atoms. The second-order valence-electron chi connectivity index (χ2n) is 8.18. The van der Waals surface area contributed by atoms with Crippen molar-refractivity contribution in [3.8, 4) is 33.8 Å². The van der Waals surface area contributed by atoms with Crippen LogP contribution >= 0.6 is 0 Å². The molecule has 0 saturated carbocycles. The van der Waals surface area contributed by atoms with E-state index < -0.39 is 0 Å². The molecule has 0 spiro atoms. The molecule has 158 valence electrons. The number of hydrogen-bond donors (Lipinski definition) is 1. The van der Waals surface area contributed by atoms with E-state index in [2.05, 4.69) is 86.1 Å². The van der Waals surface area contributed by atoms with Crippen LogP contribution in [0.4, 0.5) is 0 Å². The molecule has 0 aliphatic heterocycles. The molecular formula is C27H29N3O. The topological polar surface area (TPSA) is 50.9 Å². The number of nitrogens with zero attached hydrogens (tertiary/aromatic N) is 3. The van der Waals surface area contributed by atoms with Crippen LogP contribution in [0.1, 0.15) is 29.7 Å². The Morgan fingerprint density at radius 3 is 2.00 bits per heavy atom. The standard InChI is InChI=1S/C27H29N3O/c1-19-6-10-22(11-7-19)26-27(23-12-8-20(2)9-13-23)29-25(17-28-26)24-16-21(3)30(18-24)14-4-5-15-31/h6-13,16-18,31H,4-5,14-15H2,1-3H3. The van der Waals surface area contributed by atoms with Crippen LogP contribution in [0.2, 0.25) is 0 Å². The van der Waals surface area contributed by atoms with Crippen LogP contribution in [-0.2, 0) is 6.54 Å². The molecule has 4 heteroatoms. The van der Waals surface area contributed by atoms with Gasteiger partial charge in [-0.25, -0.2) is 4.98 Å². The molecule has 2 aromatic heterocycles. The Kier molecular flexibility index (Phi) is 6.28. The van der Waals surface area contributed by atoms with Crippen molar-refractivity contribution in [1.29, 1.82) is 0 Å². The van der Waals surface area contributed by atoms with Gasteiger partial charge in [-0.1, -0.05) is 59.7 Å². The van der Waals surface area contributed by atoms with Crippen molar-refractivity contribution >= 4 is 0 Å². The Balaban J connectivity index is 1.77. The lowest BCUT2D eigenvalue weighted by Gasteiger charge is -2.11. The van der Waals surface area contributed by atoms with E-state index in [0.717, 1.165) is 53.2 Å². The number of aliphatic hydroxyl groups is 1. The van der Waals surface area contributed by atoms with Crippen LogP contribution in [0.15, 0.2) is 67.0 Å². The van der Waals surface area contributed by atoms with Gasteiger partial charge in [0.25, 0.3) is 0 Å². The maximum absolute atomic E-state index is 9.06. The van der Waals surface area contributed by atoms with E-state index in [-0.39, 0.29) is 6.61 Å². The van der Waals surface area contributed by atoms with Crippen molar-refractivity contribution in [3.05, 3.63) is 83.8 Å². The molecule has 0 saturated heterocycles. The lowest BCUT2D eigenvalue weighted by atomic mass is 10.0. The minimum Gasteiger partial charge on any atom is -0.396 e. The average molecular weight is 412 g/mol. The maximum atomic E-state index is 9.06. The number of hydrogen-bond acceptors (Lipinski definition) is 3. The summed E-state index contributed by atoms with van der Waals surface area (Å²) in [7, 11) is 0. The van der Waals surface area contributed by atoms with E-state index in [0.29, 0.717) is 0 Å². The zero-order chi connectivity index (χ0) is 21.8. The van der Waals surface area contributed by atoms with Crippen LogP contribution in [0.5, 0.6) is 0 Å². The number of unbranched alkanes of at least 4 members (excludes halogenated alkanes) is 1. The van der Waals surface area contributed by atoms with Crippen LogP contribution in [0, 0.1) is 20.8 Å². The number of aromatic nitrogens is 3. The lowest BCUT2D eigenvalue weighted by Crippen LogP contribution is -1.99. The third-order valence-electron chi connectivity index (χ3n) is 5.64. The highest BCUT2D eigenvalue weighted by molar-refractivity contribution is 5.79. The third kappa shape index (κ3) is 4.75. The Bertz CT molecular complexity index is 1160. The minimum absolute atomic E-state index is 0.235. The summed E-state index contributed by atoms with van der Waals surface area (Å²) in [6, 6.07) is 19.1. The van der Waals surface area contributed by atoms with Gasteiger partial charge in [0.1, 0.15) is 0 Å². The Morgan fingerprint density at radius 1 is 0.774 bits per heavy atom. The van der Waals surface area contributed by atoms with E-state index in [1.165, 1.54) is 16.8 Å². The zero-order valence-corrected chi connectivity index (χ0v) is 18.5. The summed E-state index contributed by atoms with van der Waals surface area (Å²) in [4.78, 5) is 9.94. The quantitative estimate of drug-likeness (QED) is 0.381. The van der Waals surface area contributed by atoms with Crippen LogP contribution in [0.25, 0.3) is 33.8 Å². The van der Waals surface area contributed by atoms with Crippen molar-refractivity contribution in [1.82, 2.24) is 14.5 Å². The van der Waals surface area contributed by atoms with Gasteiger partial charge in [0.05, 0.1) is 23.3 Å². The summed E-state index contributed by atoms with van der Waals surface area (Å²) < 4.78 is 2.23. The van der Waals surface area contributed by atoms with Gasteiger partial charge in [-0.3, -0.25) is 4.98 Å². The highest BCUT2D eigenvalue weighted by atomic mass is 16.2. The maximum Gasteiger partial charge on any atom is 0.0972 e. The molecule has 0 aliphatic rings. The van der Waals surface area contributed by atoms with E-state index in [4.69, 9.17) is 15.1 Å². The molecular weight excluding hydrogens is 382 g/mol. The first-order valence-corrected chi connectivity index (χ1v) is 10.8. The van der Waals surface area contributed by atoms with Gasteiger partial charge >= 0.3 is 0 Å². The number of rotatable bonds is 7. The number of aryl methyl sites for hydroxylation is 4. The first kappa shape index (κ1) is 21.0. The van der Waals surface area contributed by atoms with E-state index in [9.17, 15) is 0 Å². The SMILES string of the molecule is Cc1ccc(-c2ncc(-c3cc(C)n(CCCCO)c3)nc2-c2ccc(C)cc2)cc1. The van der Waals surface area contributed by atoms with Crippen molar-refractivity contribution in [2.75, 3.05) is 6.61 Å². The smallest absolute Gasteiger partial charge is 0.0972 e. The predicted octanol–water partition coefficient (Wildman–Crippen LogP) is 5.98. The second-order valence-corrected chi connectivity index (χ2v) is 8.18. The zero-order valence-electron chi connectivity index (χ0n) is 18.5. The second kappa shape index (κ2) is 9.27. The van der Waals surface area contributed by atoms with Gasteiger partial charge in [-0.15, -0.1) is 0 Å². The molecule has 0 radical (unpaired) electrons. The summed E-state index contributed by atoms with van der Waals surface area (Å²) in [5, 5.41) is 9.06.